The summed E-state index contributed by atoms with van der Waals surface area (Å²) in [7, 11) is 0. The van der Waals surface area contributed by atoms with Crippen molar-refractivity contribution in [3.8, 4) is 5.75 Å². The summed E-state index contributed by atoms with van der Waals surface area (Å²) in [6, 6.07) is 12.4. The van der Waals surface area contributed by atoms with Gasteiger partial charge in [-0.2, -0.15) is 0 Å². The fourth-order valence-electron chi connectivity index (χ4n) is 5.94. The number of carboxylic acid groups (broad SMARTS) is 1. The molecule has 1 fully saturated rings. The number of fused-ring (bicyclic) bond motifs is 2. The first kappa shape index (κ1) is 26.7. The number of aromatic nitrogens is 1. The summed E-state index contributed by atoms with van der Waals surface area (Å²) >= 11 is 0. The molecule has 3 aromatic rings. The number of oxazole rings is 1. The van der Waals surface area contributed by atoms with E-state index in [9.17, 15) is 27.9 Å². The van der Waals surface area contributed by atoms with E-state index in [0.717, 1.165) is 42.6 Å². The molecular formula is C28H28F3N3O5. The summed E-state index contributed by atoms with van der Waals surface area (Å²) in [5.41, 5.74) is 1.94. The zero-order chi connectivity index (χ0) is 27.6. The van der Waals surface area contributed by atoms with Crippen molar-refractivity contribution in [1.29, 1.82) is 0 Å². The van der Waals surface area contributed by atoms with Gasteiger partial charge in [-0.05, 0) is 67.6 Å². The maximum absolute atomic E-state index is 13.8. The van der Waals surface area contributed by atoms with E-state index < -0.39 is 12.3 Å². The first-order valence-corrected chi connectivity index (χ1v) is 12.8. The fourth-order valence-corrected chi connectivity index (χ4v) is 5.94. The lowest BCUT2D eigenvalue weighted by molar-refractivity contribution is -0.274. The molecule has 206 valence electrons. The van der Waals surface area contributed by atoms with Crippen LogP contribution in [0.15, 0.2) is 65.4 Å². The zero-order valence-electron chi connectivity index (χ0n) is 21.0. The molecule has 39 heavy (non-hydrogen) atoms. The number of amides is 1. The van der Waals surface area contributed by atoms with Crippen molar-refractivity contribution < 1.29 is 37.0 Å². The van der Waals surface area contributed by atoms with Crippen LogP contribution in [0.2, 0.25) is 0 Å². The van der Waals surface area contributed by atoms with Gasteiger partial charge in [0.15, 0.2) is 0 Å². The highest BCUT2D eigenvalue weighted by molar-refractivity contribution is 6.07. The average molecular weight is 544 g/mol. The molecular weight excluding hydrogens is 515 g/mol. The molecule has 5 rings (SSSR count). The number of benzene rings is 2. The first-order valence-electron chi connectivity index (χ1n) is 12.8. The van der Waals surface area contributed by atoms with Crippen LogP contribution < -0.4 is 9.64 Å². The number of halogens is 3. The largest absolute Gasteiger partial charge is 0.573 e. The normalized spacial score (nSPS) is 20.5. The maximum atomic E-state index is 13.8. The molecule has 3 unspecified atom stereocenters. The Labute approximate surface area is 223 Å². The van der Waals surface area contributed by atoms with Crippen molar-refractivity contribution in [3.05, 3.63) is 78.0 Å². The highest BCUT2D eigenvalue weighted by Crippen LogP contribution is 2.51. The number of aliphatic carboxylic acids is 1. The molecule has 1 amide bonds. The molecule has 1 aliphatic carbocycles. The summed E-state index contributed by atoms with van der Waals surface area (Å²) < 4.78 is 47.3. The third-order valence-corrected chi connectivity index (χ3v) is 7.39. The van der Waals surface area contributed by atoms with Gasteiger partial charge >= 0.3 is 12.3 Å². The number of carboxylic acids is 1. The SMILES string of the molecule is O=C(O)CCCN(Cc1ncco1)C1c2ccccc2N(C(=O)c2ccc(OC(F)(F)F)cc2)C2CCCC12. The van der Waals surface area contributed by atoms with E-state index in [0.29, 0.717) is 25.4 Å². The molecule has 3 atom stereocenters. The Balaban J connectivity index is 1.48. The topological polar surface area (TPSA) is 96.1 Å². The number of ether oxygens (including phenoxy) is 1. The molecule has 0 saturated heterocycles. The Morgan fingerprint density at radius 1 is 1.13 bits per heavy atom. The van der Waals surface area contributed by atoms with E-state index in [4.69, 9.17) is 4.42 Å². The van der Waals surface area contributed by atoms with Crippen LogP contribution in [0.5, 0.6) is 5.75 Å². The van der Waals surface area contributed by atoms with Crippen molar-refractivity contribution in [2.75, 3.05) is 11.4 Å². The third-order valence-electron chi connectivity index (χ3n) is 7.39. The molecule has 2 aromatic carbocycles. The third kappa shape index (κ3) is 5.93. The Kier molecular flexibility index (Phi) is 7.60. The lowest BCUT2D eigenvalue weighted by atomic mass is 9.81. The first-order chi connectivity index (χ1) is 18.7. The highest BCUT2D eigenvalue weighted by atomic mass is 19.4. The van der Waals surface area contributed by atoms with E-state index in [2.05, 4.69) is 14.6 Å². The molecule has 2 heterocycles. The number of nitrogens with zero attached hydrogens (tertiary/aromatic N) is 3. The van der Waals surface area contributed by atoms with Gasteiger partial charge in [0.1, 0.15) is 12.0 Å². The molecule has 1 N–H and O–H groups in total. The van der Waals surface area contributed by atoms with Gasteiger partial charge in [0.2, 0.25) is 5.89 Å². The minimum atomic E-state index is -4.81. The lowest BCUT2D eigenvalue weighted by Gasteiger charge is -2.47. The number of anilines is 1. The predicted molar refractivity (Wildman–Crippen MR) is 134 cm³/mol. The predicted octanol–water partition coefficient (Wildman–Crippen LogP) is 5.81. The highest BCUT2D eigenvalue weighted by Gasteiger charge is 2.48. The van der Waals surface area contributed by atoms with Crippen LogP contribution in [0.3, 0.4) is 0 Å². The Hall–Kier alpha value is -3.86. The van der Waals surface area contributed by atoms with Gasteiger partial charge < -0.3 is 19.2 Å². The molecule has 11 heteroatoms. The number of hydrogen-bond donors (Lipinski definition) is 1. The summed E-state index contributed by atoms with van der Waals surface area (Å²) in [5, 5.41) is 9.22. The van der Waals surface area contributed by atoms with Crippen molar-refractivity contribution in [3.63, 3.8) is 0 Å². The Morgan fingerprint density at radius 2 is 1.90 bits per heavy atom. The van der Waals surface area contributed by atoms with Crippen molar-refractivity contribution >= 4 is 17.6 Å². The van der Waals surface area contributed by atoms with Crippen LogP contribution in [0.25, 0.3) is 0 Å². The van der Waals surface area contributed by atoms with Crippen LogP contribution in [0.4, 0.5) is 18.9 Å². The van der Waals surface area contributed by atoms with Gasteiger partial charge in [-0.3, -0.25) is 14.5 Å². The summed E-state index contributed by atoms with van der Waals surface area (Å²) in [5.74, 6) is -0.951. The second-order valence-electron chi connectivity index (χ2n) is 9.81. The molecule has 8 nitrogen and oxygen atoms in total. The average Bonchev–Trinajstić information content (AvgIpc) is 3.58. The van der Waals surface area contributed by atoms with Gasteiger partial charge in [-0.15, -0.1) is 13.2 Å². The number of para-hydroxylation sites is 1. The monoisotopic (exact) mass is 543 g/mol. The van der Waals surface area contributed by atoms with Crippen molar-refractivity contribution in [1.82, 2.24) is 9.88 Å². The quantitative estimate of drug-likeness (QED) is 0.364. The van der Waals surface area contributed by atoms with E-state index >= 15 is 0 Å². The molecule has 0 bridgehead atoms. The second-order valence-corrected chi connectivity index (χ2v) is 9.81. The molecule has 2 aliphatic rings. The standard InChI is InChI=1S/C28H28F3N3O5/c29-28(30,31)39-19-12-10-18(11-13-19)27(37)34-22-7-2-1-5-20(22)26(21-6-3-8-23(21)34)33(15-4-9-25(35)36)17-24-32-14-16-38-24/h1-2,5,7,10-14,16,21,23,26H,3-4,6,8-9,15,17H2,(H,35,36). The molecule has 1 aromatic heterocycles. The number of carbonyl (C=O) groups is 2. The van der Waals surface area contributed by atoms with Crippen LogP contribution >= 0.6 is 0 Å². The van der Waals surface area contributed by atoms with Crippen LogP contribution in [-0.2, 0) is 11.3 Å². The fraction of sp³-hybridized carbons (Fsp3) is 0.393. The number of rotatable bonds is 9. The van der Waals surface area contributed by atoms with Crippen LogP contribution in [-0.4, -0.2) is 45.8 Å². The Morgan fingerprint density at radius 3 is 2.59 bits per heavy atom. The van der Waals surface area contributed by atoms with Gasteiger partial charge in [0.25, 0.3) is 5.91 Å². The Bertz CT molecular complexity index is 1300. The maximum Gasteiger partial charge on any atom is 0.573 e. The minimum Gasteiger partial charge on any atom is -0.481 e. The van der Waals surface area contributed by atoms with E-state index in [1.165, 1.54) is 18.4 Å². The van der Waals surface area contributed by atoms with E-state index in [1.807, 2.05) is 24.3 Å². The number of hydrogen-bond acceptors (Lipinski definition) is 6. The molecule has 0 spiro atoms. The van der Waals surface area contributed by atoms with Crippen LogP contribution in [0.1, 0.15) is 60.0 Å². The van der Waals surface area contributed by atoms with Crippen molar-refractivity contribution in [2.45, 2.75) is 57.1 Å². The zero-order valence-corrected chi connectivity index (χ0v) is 21.0. The number of carbonyl (C=O) groups excluding carboxylic acids is 1. The molecule has 1 saturated carbocycles. The second kappa shape index (κ2) is 11.1. The lowest BCUT2D eigenvalue weighted by Crippen LogP contribution is -2.51. The van der Waals surface area contributed by atoms with Crippen LogP contribution in [0, 0.1) is 5.92 Å². The van der Waals surface area contributed by atoms with Gasteiger partial charge in [-0.25, -0.2) is 4.98 Å². The molecule has 1 aliphatic heterocycles. The summed E-state index contributed by atoms with van der Waals surface area (Å²) in [4.78, 5) is 33.3. The summed E-state index contributed by atoms with van der Waals surface area (Å²) in [6.45, 7) is 0.898. The summed E-state index contributed by atoms with van der Waals surface area (Å²) in [6.07, 6.45) is 1.29. The minimum absolute atomic E-state index is 0.0310. The van der Waals surface area contributed by atoms with E-state index in [-0.39, 0.29) is 41.6 Å². The number of alkyl halides is 3. The van der Waals surface area contributed by atoms with E-state index in [1.54, 1.807) is 11.1 Å². The van der Waals surface area contributed by atoms with Gasteiger partial charge in [-0.1, -0.05) is 24.6 Å². The van der Waals surface area contributed by atoms with Gasteiger partial charge in [0, 0.05) is 29.8 Å². The smallest absolute Gasteiger partial charge is 0.481 e. The van der Waals surface area contributed by atoms with Crippen molar-refractivity contribution in [2.24, 2.45) is 5.92 Å². The molecule has 0 radical (unpaired) electrons. The van der Waals surface area contributed by atoms with Gasteiger partial charge in [0.05, 0.1) is 12.7 Å².